The molecule has 11 heterocycles. The van der Waals surface area contributed by atoms with Crippen molar-refractivity contribution in [3.05, 3.63) is 119 Å². The highest BCUT2D eigenvalue weighted by Crippen LogP contribution is 2.52. The zero-order valence-corrected chi connectivity index (χ0v) is 83.9. The van der Waals surface area contributed by atoms with Gasteiger partial charge in [-0.05, 0) is 151 Å². The number of fused-ring (bicyclic) bond motifs is 4. The fourth-order valence-corrected chi connectivity index (χ4v) is 23.7. The van der Waals surface area contributed by atoms with Crippen LogP contribution in [0.15, 0.2) is 119 Å². The summed E-state index contributed by atoms with van der Waals surface area (Å²) in [5.41, 5.74) is -0.565. The number of rotatable bonds is 25. The van der Waals surface area contributed by atoms with Gasteiger partial charge in [0.2, 0.25) is 0 Å². The van der Waals surface area contributed by atoms with Gasteiger partial charge >= 0.3 is 24.0 Å². The van der Waals surface area contributed by atoms with E-state index in [0.717, 1.165) is 43.3 Å². The average Bonchev–Trinajstić information content (AvgIpc) is 1.68. The second-order valence-electron chi connectivity index (χ2n) is 41.7. The van der Waals surface area contributed by atoms with Crippen LogP contribution in [0.25, 0.3) is 0 Å². The second kappa shape index (κ2) is 46.2. The molecule has 1 unspecified atom stereocenters. The smallest absolute Gasteiger partial charge is 0.316 e. The van der Waals surface area contributed by atoms with E-state index in [9.17, 15) is 39.6 Å². The van der Waals surface area contributed by atoms with Gasteiger partial charge in [0.15, 0.2) is 30.9 Å². The first kappa shape index (κ1) is 106. The number of esters is 2. The largest absolute Gasteiger partial charge is 0.462 e. The first-order valence-corrected chi connectivity index (χ1v) is 50.7. The van der Waals surface area contributed by atoms with Crippen LogP contribution >= 0.6 is 0 Å². The van der Waals surface area contributed by atoms with Gasteiger partial charge in [0.1, 0.15) is 71.9 Å². The molecule has 11 aliphatic heterocycles. The molecule has 0 aromatic rings. The lowest BCUT2D eigenvalue weighted by molar-refractivity contribution is -0.311. The number of unbranched alkanes of at least 4 members (excludes halogenated alkanes) is 3. The monoisotopic (exact) mass is 1910 g/mol. The SMILES string of the molecule is CC[C@H](C)[C@H]1C[C@]2(C=C[C@@H]1C)CC1C[C@@H](CC=C(C)[C@@H](O[C@H]3C[C@H](OC)[C@@H](O[C@H]4C[C@H](OC)[C@H](NC(=O)NCCCCCCNC(=O)N[C@@H]5[C@H](C)O[C@@H](O[C@H]6[C@H](C)O[C@@H](O[C@@H]7C(C)=CC[C@@H]8C[C@@H](C[C@]9(C=C[C@H](C)[C@@H]([C@@H](C)CC)O9)O8)OC(=O)[C@@H]8C=C(C)[C@@H](O)[C@H]9OCC(=CC=C[C@@H]7C)[C@]98O)C[C@@H]6OC)C[C@@H]5OC)[C@H](C)O4)[C@H](C)O3)[C@@H](C)C=CC=C3CO[C@@H]4[C@H](O)C(C)=C[C@@H](C(=O)O1)[C@]34O)O2. The molecule has 0 saturated carbocycles. The van der Waals surface area contributed by atoms with Gasteiger partial charge < -0.3 is 132 Å². The number of amides is 4. The van der Waals surface area contributed by atoms with Crippen molar-refractivity contribution in [1.82, 2.24) is 21.3 Å². The number of methoxy groups -OCH3 is 4. The molecule has 14 rings (SSSR count). The minimum Gasteiger partial charge on any atom is -0.462 e. The van der Waals surface area contributed by atoms with E-state index in [-0.39, 0.29) is 67.6 Å². The third-order valence-electron chi connectivity index (χ3n) is 32.1. The molecule has 4 bridgehead atoms. The molecule has 0 aromatic carbocycles. The molecule has 31 nitrogen and oxygen atoms in total. The number of aliphatic hydroxyl groups excluding tert-OH is 2. The molecular weight excluding hydrogens is 1750 g/mol. The topological polar surface area (TPSA) is 373 Å². The molecule has 8 saturated heterocycles. The second-order valence-corrected chi connectivity index (χ2v) is 41.7. The van der Waals surface area contributed by atoms with Crippen molar-refractivity contribution in [2.45, 2.75) is 408 Å². The average molecular weight is 1910 g/mol. The quantitative estimate of drug-likeness (QED) is 0.0239. The maximum atomic E-state index is 14.6. The summed E-state index contributed by atoms with van der Waals surface area (Å²) < 4.78 is 125. The Balaban J connectivity index is 0.518. The minimum atomic E-state index is -1.89. The van der Waals surface area contributed by atoms with Crippen LogP contribution in [-0.2, 0) is 99.6 Å². The Kier molecular flexibility index (Phi) is 35.9. The number of carbonyl (C=O) groups excluding carboxylic acids is 4. The van der Waals surface area contributed by atoms with Crippen LogP contribution in [0.3, 0.4) is 0 Å². The van der Waals surface area contributed by atoms with Crippen molar-refractivity contribution >= 4 is 24.0 Å². The lowest BCUT2D eigenvalue weighted by Crippen LogP contribution is -2.60. The van der Waals surface area contributed by atoms with E-state index in [1.165, 1.54) is 0 Å². The molecule has 3 aliphatic carbocycles. The van der Waals surface area contributed by atoms with E-state index in [2.05, 4.69) is 114 Å². The van der Waals surface area contributed by atoms with Crippen LogP contribution in [0.4, 0.5) is 9.59 Å². The summed E-state index contributed by atoms with van der Waals surface area (Å²) in [4.78, 5) is 56.3. The number of nitrogens with one attached hydrogen (secondary N) is 4. The molecular formula is C105H160N4O27. The Hall–Kier alpha value is -5.96. The van der Waals surface area contributed by atoms with Crippen LogP contribution in [0.1, 0.15) is 220 Å². The number of allylic oxidation sites excluding steroid dienone is 5. The number of aliphatic hydroxyl groups is 4. The van der Waals surface area contributed by atoms with E-state index in [4.69, 9.17) is 90.0 Å². The fraction of sp³-hybridized carbons (Fsp3) is 0.771. The molecule has 0 aromatic heterocycles. The summed E-state index contributed by atoms with van der Waals surface area (Å²) in [6.45, 7) is 33.5. The van der Waals surface area contributed by atoms with Crippen LogP contribution in [0, 0.1) is 53.3 Å². The number of carbonyl (C=O) groups is 4. The van der Waals surface area contributed by atoms with Crippen molar-refractivity contribution in [3.8, 4) is 0 Å². The van der Waals surface area contributed by atoms with E-state index >= 15 is 0 Å². The molecule has 8 N–H and O–H groups in total. The highest BCUT2D eigenvalue weighted by atomic mass is 16.7. The van der Waals surface area contributed by atoms with Crippen LogP contribution in [0.2, 0.25) is 0 Å². The zero-order valence-electron chi connectivity index (χ0n) is 83.9. The molecule has 762 valence electrons. The van der Waals surface area contributed by atoms with Gasteiger partial charge in [-0.1, -0.05) is 160 Å². The Labute approximate surface area is 805 Å². The molecule has 40 atom stereocenters. The summed E-state index contributed by atoms with van der Waals surface area (Å²) in [6.07, 6.45) is 21.6. The van der Waals surface area contributed by atoms with Gasteiger partial charge in [0.05, 0.1) is 110 Å². The number of hydrogen-bond donors (Lipinski definition) is 8. The number of ether oxygens (including phenoxy) is 19. The predicted molar refractivity (Wildman–Crippen MR) is 505 cm³/mol. The van der Waals surface area contributed by atoms with Gasteiger partial charge in [0.25, 0.3) is 0 Å². The van der Waals surface area contributed by atoms with E-state index in [0.29, 0.717) is 124 Å². The highest BCUT2D eigenvalue weighted by Gasteiger charge is 2.63. The van der Waals surface area contributed by atoms with Gasteiger partial charge in [-0.25, -0.2) is 9.59 Å². The van der Waals surface area contributed by atoms with Crippen molar-refractivity contribution < 1.29 is 130 Å². The Morgan fingerprint density at radius 2 is 0.904 bits per heavy atom. The molecule has 14 aliphatic rings. The Morgan fingerprint density at radius 3 is 1.36 bits per heavy atom. The van der Waals surface area contributed by atoms with Crippen LogP contribution in [-0.4, -0.2) is 287 Å². The standard InChI is InChI=1S/C105H160N4O27/c1-21-56(3)76-53-102(39-37-58(76)5)51-74-45-72(134-102)35-33-61(8)91(59(6)29-27-31-70-54-122-96-89(110)64(11)43-77(98(112)128-74)104(70,96)116)130-85-49-81(120-19)94(68(15)126-85)132-83-47-79(118-17)87(66(13)124-83)108-100(114)106-41-25-23-24-26-42-107-101(115)109-88-67(14)125-84(48-80(88)119-18)133-95-69(16)127-86(50-82(95)121-20)131-92-60(7)30-28-32-71-55-123-97-90(111)65(12)44-78(105(71,97)117)99(113)129-75-46-73(36-34-62(92)9)135-103(52-75)40-38-63(10)93(136-103)57(4)22-2/h27-34,37-40,43-44,56-60,63,66-69,72-97,110-111,116-117H,21-26,35-36,41-42,45-55H2,1-20H3,(H2,106,108,114)(H2,107,109,115)/t56-,57-,58-,59-,60-,63-,66-,67-,68-,69-,72+,73+,74?,75-,76+,77-,78-,79-,80-,81-,82-,83-,84-,85-,86-,87+,88+,89+,90+,91-,92-,93+,94-,95-,96+,97+,102-,103+,104+,105+/m0/s1. The summed E-state index contributed by atoms with van der Waals surface area (Å²) >= 11 is 0. The third-order valence-corrected chi connectivity index (χ3v) is 32.1. The molecule has 2 spiro atoms. The Morgan fingerprint density at radius 1 is 0.478 bits per heavy atom. The lowest BCUT2D eigenvalue weighted by Gasteiger charge is -2.48. The van der Waals surface area contributed by atoms with E-state index < -0.39 is 200 Å². The molecule has 136 heavy (non-hydrogen) atoms. The maximum Gasteiger partial charge on any atom is 0.316 e. The van der Waals surface area contributed by atoms with Crippen molar-refractivity contribution in [2.75, 3.05) is 54.7 Å². The highest BCUT2D eigenvalue weighted by molar-refractivity contribution is 5.80. The molecule has 8 fully saturated rings. The fourth-order valence-electron chi connectivity index (χ4n) is 23.7. The maximum absolute atomic E-state index is 14.6. The lowest BCUT2D eigenvalue weighted by atomic mass is 9.68. The zero-order chi connectivity index (χ0) is 97.6. The predicted octanol–water partition coefficient (Wildman–Crippen LogP) is 12.6. The summed E-state index contributed by atoms with van der Waals surface area (Å²) in [6, 6.07) is -1.69. The summed E-state index contributed by atoms with van der Waals surface area (Å²) in [5, 5.41) is 60.5. The number of hydrogen-bond acceptors (Lipinski definition) is 27. The first-order valence-electron chi connectivity index (χ1n) is 50.7. The van der Waals surface area contributed by atoms with Crippen LogP contribution < -0.4 is 21.3 Å². The molecule has 0 radical (unpaired) electrons. The van der Waals surface area contributed by atoms with Gasteiger partial charge in [0, 0.05) is 111 Å². The summed E-state index contributed by atoms with van der Waals surface area (Å²) in [7, 11) is 6.52. The molecule has 4 amide bonds. The Bertz CT molecular complexity index is 4110. The van der Waals surface area contributed by atoms with Crippen LogP contribution in [0.5, 0.6) is 0 Å². The van der Waals surface area contributed by atoms with Gasteiger partial charge in [-0.2, -0.15) is 0 Å². The third kappa shape index (κ3) is 23.7. The van der Waals surface area contributed by atoms with Gasteiger partial charge in [-0.3, -0.25) is 9.59 Å². The van der Waals surface area contributed by atoms with Crippen molar-refractivity contribution in [1.29, 1.82) is 0 Å². The normalized spacial score (nSPS) is 43.8. The minimum absolute atomic E-state index is 0.00527. The molecule has 31 heteroatoms. The van der Waals surface area contributed by atoms with Gasteiger partial charge in [-0.15, -0.1) is 0 Å². The number of urea groups is 2. The van der Waals surface area contributed by atoms with E-state index in [1.54, 1.807) is 66.6 Å². The van der Waals surface area contributed by atoms with E-state index in [1.807, 2.05) is 65.0 Å². The van der Waals surface area contributed by atoms with Crippen molar-refractivity contribution in [3.63, 3.8) is 0 Å². The summed E-state index contributed by atoms with van der Waals surface area (Å²) in [5.74, 6) is -3.56. The van der Waals surface area contributed by atoms with Crippen molar-refractivity contribution in [2.24, 2.45) is 53.3 Å². The first-order chi connectivity index (χ1) is 64.9.